The average molecular weight is 220 g/mol. The standard InChI is InChI=1S/C11H16N4O/c1-8-4-11(15(3)13-8)7-12-6-10-5-9(2)16-14-10/h4-5,12H,6-7H2,1-3H3. The molecule has 0 atom stereocenters. The third-order valence-corrected chi connectivity index (χ3v) is 2.39. The van der Waals surface area contributed by atoms with E-state index in [1.807, 2.05) is 31.6 Å². The van der Waals surface area contributed by atoms with Crippen LogP contribution in [-0.2, 0) is 20.1 Å². The summed E-state index contributed by atoms with van der Waals surface area (Å²) in [6.07, 6.45) is 0. The Morgan fingerprint density at radius 1 is 1.31 bits per heavy atom. The van der Waals surface area contributed by atoms with Crippen LogP contribution in [0.4, 0.5) is 0 Å². The Kier molecular flexibility index (Phi) is 3.05. The summed E-state index contributed by atoms with van der Waals surface area (Å²) < 4.78 is 6.87. The van der Waals surface area contributed by atoms with E-state index in [-0.39, 0.29) is 0 Å². The zero-order valence-electron chi connectivity index (χ0n) is 9.82. The second-order valence-electron chi connectivity index (χ2n) is 3.93. The highest BCUT2D eigenvalue weighted by Crippen LogP contribution is 2.03. The summed E-state index contributed by atoms with van der Waals surface area (Å²) in [6, 6.07) is 4.00. The Morgan fingerprint density at radius 2 is 2.12 bits per heavy atom. The van der Waals surface area contributed by atoms with Crippen LogP contribution in [0.1, 0.15) is 22.8 Å². The fourth-order valence-electron chi connectivity index (χ4n) is 1.65. The second kappa shape index (κ2) is 4.49. The third kappa shape index (κ3) is 2.49. The largest absolute Gasteiger partial charge is 0.361 e. The normalized spacial score (nSPS) is 10.9. The van der Waals surface area contributed by atoms with Crippen molar-refractivity contribution in [3.63, 3.8) is 0 Å². The minimum absolute atomic E-state index is 0.710. The summed E-state index contributed by atoms with van der Waals surface area (Å²) in [5.74, 6) is 0.841. The van der Waals surface area contributed by atoms with Crippen molar-refractivity contribution in [3.05, 3.63) is 35.0 Å². The fraction of sp³-hybridized carbons (Fsp3) is 0.455. The van der Waals surface area contributed by atoms with E-state index in [1.54, 1.807) is 0 Å². The lowest BCUT2D eigenvalue weighted by Crippen LogP contribution is -2.15. The van der Waals surface area contributed by atoms with Crippen LogP contribution in [0.15, 0.2) is 16.7 Å². The number of aryl methyl sites for hydroxylation is 3. The highest BCUT2D eigenvalue weighted by atomic mass is 16.5. The van der Waals surface area contributed by atoms with E-state index in [0.717, 1.165) is 29.4 Å². The van der Waals surface area contributed by atoms with Gasteiger partial charge in [0.15, 0.2) is 0 Å². The molecular weight excluding hydrogens is 204 g/mol. The summed E-state index contributed by atoms with van der Waals surface area (Å²) in [5.41, 5.74) is 3.13. The monoisotopic (exact) mass is 220 g/mol. The van der Waals surface area contributed by atoms with Crippen LogP contribution in [0, 0.1) is 13.8 Å². The van der Waals surface area contributed by atoms with Gasteiger partial charge in [-0.1, -0.05) is 5.16 Å². The van der Waals surface area contributed by atoms with E-state index < -0.39 is 0 Å². The second-order valence-corrected chi connectivity index (χ2v) is 3.93. The summed E-state index contributed by atoms with van der Waals surface area (Å²) in [5, 5.41) is 11.5. The molecule has 0 saturated carbocycles. The van der Waals surface area contributed by atoms with Gasteiger partial charge >= 0.3 is 0 Å². The van der Waals surface area contributed by atoms with Gasteiger partial charge in [-0.15, -0.1) is 0 Å². The molecule has 0 saturated heterocycles. The van der Waals surface area contributed by atoms with Crippen molar-refractivity contribution in [1.82, 2.24) is 20.3 Å². The lowest BCUT2D eigenvalue weighted by Gasteiger charge is -2.02. The molecule has 86 valence electrons. The molecule has 0 aliphatic rings. The van der Waals surface area contributed by atoms with E-state index >= 15 is 0 Å². The van der Waals surface area contributed by atoms with E-state index in [2.05, 4.69) is 21.6 Å². The molecule has 0 aliphatic carbocycles. The first-order valence-corrected chi connectivity index (χ1v) is 5.27. The predicted octanol–water partition coefficient (Wildman–Crippen LogP) is 1.31. The highest BCUT2D eigenvalue weighted by molar-refractivity contribution is 5.09. The molecule has 0 bridgehead atoms. The zero-order valence-corrected chi connectivity index (χ0v) is 9.82. The summed E-state index contributed by atoms with van der Waals surface area (Å²) in [4.78, 5) is 0. The Bertz CT molecular complexity index is 472. The SMILES string of the molecule is Cc1cc(CNCc2cc(C)on2)n(C)n1. The van der Waals surface area contributed by atoms with Crippen LogP contribution in [0.25, 0.3) is 0 Å². The molecule has 2 rings (SSSR count). The smallest absolute Gasteiger partial charge is 0.133 e. The molecule has 2 aromatic heterocycles. The third-order valence-electron chi connectivity index (χ3n) is 2.39. The van der Waals surface area contributed by atoms with Crippen LogP contribution in [0.2, 0.25) is 0 Å². The van der Waals surface area contributed by atoms with Gasteiger partial charge in [-0.3, -0.25) is 4.68 Å². The van der Waals surface area contributed by atoms with Crippen molar-refractivity contribution in [3.8, 4) is 0 Å². The van der Waals surface area contributed by atoms with Crippen molar-refractivity contribution >= 4 is 0 Å². The van der Waals surface area contributed by atoms with Crippen LogP contribution in [0.5, 0.6) is 0 Å². The first kappa shape index (κ1) is 10.9. The Balaban J connectivity index is 1.86. The summed E-state index contributed by atoms with van der Waals surface area (Å²) >= 11 is 0. The van der Waals surface area contributed by atoms with Gasteiger partial charge in [-0.25, -0.2) is 0 Å². The summed E-state index contributed by atoms with van der Waals surface area (Å²) in [7, 11) is 1.95. The number of rotatable bonds is 4. The van der Waals surface area contributed by atoms with Gasteiger partial charge < -0.3 is 9.84 Å². The molecule has 5 nitrogen and oxygen atoms in total. The molecule has 0 aliphatic heterocycles. The minimum atomic E-state index is 0.710. The van der Waals surface area contributed by atoms with Gasteiger partial charge in [-0.05, 0) is 19.9 Å². The van der Waals surface area contributed by atoms with Crippen molar-refractivity contribution in [2.75, 3.05) is 0 Å². The first-order valence-electron chi connectivity index (χ1n) is 5.27. The lowest BCUT2D eigenvalue weighted by atomic mass is 10.3. The number of aromatic nitrogens is 3. The van der Waals surface area contributed by atoms with Crippen molar-refractivity contribution in [2.45, 2.75) is 26.9 Å². The molecule has 1 N–H and O–H groups in total. The predicted molar refractivity (Wildman–Crippen MR) is 59.7 cm³/mol. The van der Waals surface area contributed by atoms with E-state index in [1.165, 1.54) is 0 Å². The van der Waals surface area contributed by atoms with E-state index in [0.29, 0.717) is 6.54 Å². The maximum Gasteiger partial charge on any atom is 0.133 e. The minimum Gasteiger partial charge on any atom is -0.361 e. The summed E-state index contributed by atoms with van der Waals surface area (Å²) in [6.45, 7) is 5.37. The molecule has 0 fully saturated rings. The van der Waals surface area contributed by atoms with Crippen LogP contribution >= 0.6 is 0 Å². The van der Waals surface area contributed by atoms with Gasteiger partial charge in [0.05, 0.1) is 17.1 Å². The van der Waals surface area contributed by atoms with Gasteiger partial charge in [0.25, 0.3) is 0 Å². The number of nitrogens with one attached hydrogen (secondary N) is 1. The molecule has 5 heteroatoms. The van der Waals surface area contributed by atoms with Crippen molar-refractivity contribution in [1.29, 1.82) is 0 Å². The first-order chi connectivity index (χ1) is 7.65. The Labute approximate surface area is 94.4 Å². The van der Waals surface area contributed by atoms with E-state index in [4.69, 9.17) is 4.52 Å². The number of hydrogen-bond acceptors (Lipinski definition) is 4. The fourth-order valence-corrected chi connectivity index (χ4v) is 1.65. The Hall–Kier alpha value is -1.62. The number of hydrogen-bond donors (Lipinski definition) is 1. The van der Waals surface area contributed by atoms with Gasteiger partial charge in [0.1, 0.15) is 5.76 Å². The van der Waals surface area contributed by atoms with Gasteiger partial charge in [0.2, 0.25) is 0 Å². The molecule has 0 aromatic carbocycles. The average Bonchev–Trinajstić information content (AvgIpc) is 2.74. The van der Waals surface area contributed by atoms with Crippen LogP contribution in [-0.4, -0.2) is 14.9 Å². The van der Waals surface area contributed by atoms with Crippen LogP contribution in [0.3, 0.4) is 0 Å². The quantitative estimate of drug-likeness (QED) is 0.844. The van der Waals surface area contributed by atoms with E-state index in [9.17, 15) is 0 Å². The molecule has 0 spiro atoms. The molecule has 0 unspecified atom stereocenters. The van der Waals surface area contributed by atoms with Gasteiger partial charge in [-0.2, -0.15) is 5.10 Å². The molecular formula is C11H16N4O. The molecule has 0 radical (unpaired) electrons. The maximum absolute atomic E-state index is 4.99. The number of nitrogens with zero attached hydrogens (tertiary/aromatic N) is 3. The van der Waals surface area contributed by atoms with Crippen LogP contribution < -0.4 is 5.32 Å². The van der Waals surface area contributed by atoms with Crippen molar-refractivity contribution in [2.24, 2.45) is 7.05 Å². The Morgan fingerprint density at radius 3 is 2.69 bits per heavy atom. The van der Waals surface area contributed by atoms with Crippen molar-refractivity contribution < 1.29 is 4.52 Å². The molecule has 2 heterocycles. The lowest BCUT2D eigenvalue weighted by molar-refractivity contribution is 0.388. The topological polar surface area (TPSA) is 55.9 Å². The van der Waals surface area contributed by atoms with Gasteiger partial charge in [0, 0.05) is 26.2 Å². The molecule has 16 heavy (non-hydrogen) atoms. The zero-order chi connectivity index (χ0) is 11.5. The highest BCUT2D eigenvalue weighted by Gasteiger charge is 2.03. The molecule has 2 aromatic rings. The molecule has 0 amide bonds. The maximum atomic E-state index is 4.99.